The molecule has 0 amide bonds. The maximum absolute atomic E-state index is 13.8. The predicted octanol–water partition coefficient (Wildman–Crippen LogP) is 2.42. The topological polar surface area (TPSA) is 60.0 Å². The molecule has 0 unspecified atom stereocenters. The molecular formula is C14H12FN3O2. The van der Waals surface area contributed by atoms with Gasteiger partial charge in [-0.3, -0.25) is 4.68 Å². The van der Waals surface area contributed by atoms with Gasteiger partial charge in [0.05, 0.1) is 11.2 Å². The van der Waals surface area contributed by atoms with Crippen molar-refractivity contribution in [1.29, 1.82) is 0 Å². The van der Waals surface area contributed by atoms with Crippen LogP contribution in [0.5, 0.6) is 0 Å². The molecule has 6 heteroatoms. The monoisotopic (exact) mass is 273 g/mol. The normalized spacial score (nSPS) is 11.2. The molecule has 0 atom stereocenters. The van der Waals surface area contributed by atoms with E-state index in [1.807, 2.05) is 0 Å². The number of carbonyl (C=O) groups is 1. The van der Waals surface area contributed by atoms with Gasteiger partial charge < -0.3 is 9.67 Å². The lowest BCUT2D eigenvalue weighted by atomic mass is 10.1. The first-order valence-corrected chi connectivity index (χ1v) is 6.00. The molecule has 2 heterocycles. The van der Waals surface area contributed by atoms with Crippen molar-refractivity contribution in [2.24, 2.45) is 14.1 Å². The number of nitrogens with zero attached hydrogens (tertiary/aromatic N) is 3. The van der Waals surface area contributed by atoms with E-state index < -0.39 is 5.97 Å². The van der Waals surface area contributed by atoms with E-state index in [9.17, 15) is 9.18 Å². The van der Waals surface area contributed by atoms with Crippen molar-refractivity contribution >= 4 is 16.9 Å². The Morgan fingerprint density at radius 1 is 1.35 bits per heavy atom. The minimum atomic E-state index is -1.04. The van der Waals surface area contributed by atoms with Gasteiger partial charge in [0.1, 0.15) is 11.5 Å². The fraction of sp³-hybridized carbons (Fsp3) is 0.143. The summed E-state index contributed by atoms with van der Waals surface area (Å²) in [6.07, 6.45) is 1.75. The summed E-state index contributed by atoms with van der Waals surface area (Å²) in [6, 6.07) is 6.31. The summed E-state index contributed by atoms with van der Waals surface area (Å²) in [7, 11) is 3.31. The zero-order valence-corrected chi connectivity index (χ0v) is 11.0. The highest BCUT2D eigenvalue weighted by Crippen LogP contribution is 2.31. The Labute approximate surface area is 113 Å². The summed E-state index contributed by atoms with van der Waals surface area (Å²) >= 11 is 0. The second-order valence-corrected chi connectivity index (χ2v) is 4.63. The number of rotatable bonds is 2. The molecule has 2 aromatic heterocycles. The van der Waals surface area contributed by atoms with E-state index in [2.05, 4.69) is 5.10 Å². The van der Waals surface area contributed by atoms with Crippen LogP contribution < -0.4 is 0 Å². The van der Waals surface area contributed by atoms with Gasteiger partial charge in [-0.2, -0.15) is 5.10 Å². The lowest BCUT2D eigenvalue weighted by Gasteiger charge is -1.96. The molecule has 3 aromatic rings. The maximum Gasteiger partial charge on any atom is 0.354 e. The van der Waals surface area contributed by atoms with Crippen molar-refractivity contribution in [1.82, 2.24) is 14.3 Å². The largest absolute Gasteiger partial charge is 0.477 e. The minimum Gasteiger partial charge on any atom is -0.477 e. The lowest BCUT2D eigenvalue weighted by molar-refractivity contribution is 0.0685. The SMILES string of the molecule is Cn1nc(-c2cn(C)c3c(F)cccc23)cc1C(=O)O. The minimum absolute atomic E-state index is 0.0911. The second-order valence-electron chi connectivity index (χ2n) is 4.63. The number of para-hydroxylation sites is 1. The summed E-state index contributed by atoms with van der Waals surface area (Å²) in [6.45, 7) is 0. The smallest absolute Gasteiger partial charge is 0.354 e. The Balaban J connectivity index is 2.28. The zero-order valence-electron chi connectivity index (χ0n) is 11.0. The average Bonchev–Trinajstić information content (AvgIpc) is 2.91. The van der Waals surface area contributed by atoms with Gasteiger partial charge in [0.2, 0.25) is 0 Å². The Morgan fingerprint density at radius 3 is 2.75 bits per heavy atom. The number of aryl methyl sites for hydroxylation is 2. The van der Waals surface area contributed by atoms with Crippen molar-refractivity contribution < 1.29 is 14.3 Å². The first-order valence-electron chi connectivity index (χ1n) is 6.00. The molecule has 5 nitrogen and oxygen atoms in total. The number of halogens is 1. The third-order valence-electron chi connectivity index (χ3n) is 3.33. The van der Waals surface area contributed by atoms with Gasteiger partial charge in [-0.1, -0.05) is 12.1 Å². The molecular weight excluding hydrogens is 261 g/mol. The summed E-state index contributed by atoms with van der Waals surface area (Å²) in [4.78, 5) is 11.1. The average molecular weight is 273 g/mol. The van der Waals surface area contributed by atoms with Gasteiger partial charge in [-0.05, 0) is 12.1 Å². The van der Waals surface area contributed by atoms with Gasteiger partial charge in [0, 0.05) is 31.2 Å². The quantitative estimate of drug-likeness (QED) is 0.780. The molecule has 0 aliphatic rings. The Morgan fingerprint density at radius 2 is 2.10 bits per heavy atom. The van der Waals surface area contributed by atoms with Crippen LogP contribution in [0.15, 0.2) is 30.5 Å². The maximum atomic E-state index is 13.8. The number of hydrogen-bond donors (Lipinski definition) is 1. The van der Waals surface area contributed by atoms with Crippen LogP contribution in [0.25, 0.3) is 22.2 Å². The number of carboxylic acid groups (broad SMARTS) is 1. The molecule has 3 rings (SSSR count). The molecule has 0 radical (unpaired) electrons. The standard InChI is InChI=1S/C14H12FN3O2/c1-17-7-9(8-4-3-5-10(15)13(8)17)11-6-12(14(19)20)18(2)16-11/h3-7H,1-2H3,(H,19,20). The highest BCUT2D eigenvalue weighted by Gasteiger charge is 2.17. The van der Waals surface area contributed by atoms with E-state index in [-0.39, 0.29) is 11.5 Å². The van der Waals surface area contributed by atoms with Crippen molar-refractivity contribution in [3.63, 3.8) is 0 Å². The molecule has 0 saturated carbocycles. The number of carboxylic acids is 1. The molecule has 0 spiro atoms. The molecule has 0 aliphatic heterocycles. The molecule has 102 valence electrons. The van der Waals surface area contributed by atoms with E-state index in [1.54, 1.807) is 37.0 Å². The first kappa shape index (κ1) is 12.4. The molecule has 20 heavy (non-hydrogen) atoms. The highest BCUT2D eigenvalue weighted by molar-refractivity contribution is 5.96. The number of benzene rings is 1. The van der Waals surface area contributed by atoms with Crippen LogP contribution in [-0.2, 0) is 14.1 Å². The van der Waals surface area contributed by atoms with E-state index >= 15 is 0 Å². The van der Waals surface area contributed by atoms with Crippen LogP contribution in [-0.4, -0.2) is 25.4 Å². The van der Waals surface area contributed by atoms with Gasteiger partial charge in [-0.15, -0.1) is 0 Å². The van der Waals surface area contributed by atoms with Crippen LogP contribution in [0.3, 0.4) is 0 Å². The van der Waals surface area contributed by atoms with Crippen molar-refractivity contribution in [2.75, 3.05) is 0 Å². The molecule has 0 fully saturated rings. The van der Waals surface area contributed by atoms with E-state index in [4.69, 9.17) is 5.11 Å². The fourth-order valence-electron chi connectivity index (χ4n) is 2.42. The van der Waals surface area contributed by atoms with Crippen molar-refractivity contribution in [3.05, 3.63) is 42.0 Å². The summed E-state index contributed by atoms with van der Waals surface area (Å²) in [5.41, 5.74) is 1.80. The molecule has 0 bridgehead atoms. The summed E-state index contributed by atoms with van der Waals surface area (Å²) in [5.74, 6) is -1.36. The molecule has 0 aliphatic carbocycles. The van der Waals surface area contributed by atoms with Crippen LogP contribution in [0.2, 0.25) is 0 Å². The van der Waals surface area contributed by atoms with E-state index in [0.717, 1.165) is 0 Å². The van der Waals surface area contributed by atoms with E-state index in [1.165, 1.54) is 16.8 Å². The van der Waals surface area contributed by atoms with Crippen molar-refractivity contribution in [2.45, 2.75) is 0 Å². The van der Waals surface area contributed by atoms with Gasteiger partial charge in [0.25, 0.3) is 0 Å². The van der Waals surface area contributed by atoms with Gasteiger partial charge in [-0.25, -0.2) is 9.18 Å². The summed E-state index contributed by atoms with van der Waals surface area (Å²) < 4.78 is 16.8. The highest BCUT2D eigenvalue weighted by atomic mass is 19.1. The number of aromatic carboxylic acids is 1. The van der Waals surface area contributed by atoms with E-state index in [0.29, 0.717) is 22.2 Å². The fourth-order valence-corrected chi connectivity index (χ4v) is 2.42. The zero-order chi connectivity index (χ0) is 14.4. The van der Waals surface area contributed by atoms with Crippen LogP contribution in [0, 0.1) is 5.82 Å². The number of hydrogen-bond acceptors (Lipinski definition) is 2. The second kappa shape index (κ2) is 4.19. The lowest BCUT2D eigenvalue weighted by Crippen LogP contribution is -2.04. The Hall–Kier alpha value is -2.63. The predicted molar refractivity (Wildman–Crippen MR) is 72.0 cm³/mol. The Kier molecular flexibility index (Phi) is 2.60. The van der Waals surface area contributed by atoms with Crippen LogP contribution in [0.1, 0.15) is 10.5 Å². The molecule has 1 aromatic carbocycles. The van der Waals surface area contributed by atoms with Crippen LogP contribution >= 0.6 is 0 Å². The third kappa shape index (κ3) is 1.69. The molecule has 0 saturated heterocycles. The summed E-state index contributed by atoms with van der Waals surface area (Å²) in [5, 5.41) is 14.0. The molecule has 1 N–H and O–H groups in total. The van der Waals surface area contributed by atoms with Crippen LogP contribution in [0.4, 0.5) is 4.39 Å². The third-order valence-corrected chi connectivity index (χ3v) is 3.33. The first-order chi connectivity index (χ1) is 9.49. The van der Waals surface area contributed by atoms with Crippen molar-refractivity contribution in [3.8, 4) is 11.3 Å². The van der Waals surface area contributed by atoms with Gasteiger partial charge >= 0.3 is 5.97 Å². The number of fused-ring (bicyclic) bond motifs is 1. The number of aromatic nitrogens is 3. The van der Waals surface area contributed by atoms with Gasteiger partial charge in [0.15, 0.2) is 0 Å². The Bertz CT molecular complexity index is 832.